The molecule has 0 spiro atoms. The van der Waals surface area contributed by atoms with Gasteiger partial charge in [-0.2, -0.15) is 0 Å². The van der Waals surface area contributed by atoms with Gasteiger partial charge in [-0.15, -0.1) is 24.0 Å². The lowest BCUT2D eigenvalue weighted by Crippen LogP contribution is -1.94. The van der Waals surface area contributed by atoms with Gasteiger partial charge in [0.25, 0.3) is 0 Å². The largest absolute Gasteiger partial charge is 0.493 e. The molecule has 0 radical (unpaired) electrons. The minimum atomic E-state index is 0.648. The number of thiazole rings is 1. The quantitative estimate of drug-likeness (QED) is 0.825. The lowest BCUT2D eigenvalue weighted by molar-refractivity contribution is 0.341. The van der Waals surface area contributed by atoms with Crippen LogP contribution in [0.5, 0.6) is 5.75 Å². The molecule has 0 amide bonds. The smallest absolute Gasteiger partial charge is 0.130 e. The highest BCUT2D eigenvalue weighted by molar-refractivity contribution is 7.80. The van der Waals surface area contributed by atoms with Crippen molar-refractivity contribution in [3.05, 3.63) is 29.8 Å². The van der Waals surface area contributed by atoms with Crippen LogP contribution in [0.15, 0.2) is 34.7 Å². The molecule has 0 fully saturated rings. The molecule has 0 aliphatic carbocycles. The van der Waals surface area contributed by atoms with E-state index in [0.717, 1.165) is 21.2 Å². The minimum Gasteiger partial charge on any atom is -0.493 e. The molecule has 0 saturated carbocycles. The number of ether oxygens (including phenoxy) is 1. The third-order valence-corrected chi connectivity index (χ3v) is 3.11. The number of benzene rings is 1. The van der Waals surface area contributed by atoms with Crippen LogP contribution < -0.4 is 4.74 Å². The van der Waals surface area contributed by atoms with Crippen molar-refractivity contribution in [3.63, 3.8) is 0 Å². The van der Waals surface area contributed by atoms with Gasteiger partial charge in [-0.3, -0.25) is 0 Å². The Morgan fingerprint density at radius 1 is 1.47 bits per heavy atom. The van der Waals surface area contributed by atoms with E-state index in [4.69, 9.17) is 4.74 Å². The summed E-state index contributed by atoms with van der Waals surface area (Å²) in [4.78, 5) is 5.18. The Labute approximate surface area is 98.3 Å². The van der Waals surface area contributed by atoms with Crippen LogP contribution >= 0.6 is 24.0 Å². The van der Waals surface area contributed by atoms with E-state index in [-0.39, 0.29) is 0 Å². The van der Waals surface area contributed by atoms with E-state index in [1.165, 1.54) is 0 Å². The van der Waals surface area contributed by atoms with E-state index in [9.17, 15) is 0 Å². The second-order valence-corrected chi connectivity index (χ2v) is 4.30. The summed E-state index contributed by atoms with van der Waals surface area (Å²) in [5.41, 5.74) is 0.984. The highest BCUT2D eigenvalue weighted by atomic mass is 32.1. The Hall–Kier alpha value is -1.00. The summed E-state index contributed by atoms with van der Waals surface area (Å²) in [7, 11) is 0. The fourth-order valence-electron chi connectivity index (χ4n) is 1.36. The molecule has 0 atom stereocenters. The van der Waals surface area contributed by atoms with Crippen molar-refractivity contribution in [1.29, 1.82) is 0 Å². The van der Waals surface area contributed by atoms with Crippen molar-refractivity contribution in [1.82, 2.24) is 4.98 Å². The van der Waals surface area contributed by atoms with Crippen LogP contribution in [0.4, 0.5) is 0 Å². The first-order chi connectivity index (χ1) is 7.33. The van der Waals surface area contributed by atoms with Crippen LogP contribution in [0.3, 0.4) is 0 Å². The molecule has 15 heavy (non-hydrogen) atoms. The number of thiol groups is 1. The van der Waals surface area contributed by atoms with E-state index in [1.807, 2.05) is 30.5 Å². The van der Waals surface area contributed by atoms with Crippen LogP contribution in [0, 0.1) is 0 Å². The van der Waals surface area contributed by atoms with Crippen LogP contribution in [0.25, 0.3) is 10.6 Å². The fourth-order valence-corrected chi connectivity index (χ4v) is 2.44. The molecule has 2 aromatic rings. The summed E-state index contributed by atoms with van der Waals surface area (Å²) < 4.78 is 5.56. The molecule has 0 N–H and O–H groups in total. The monoisotopic (exact) mass is 237 g/mol. The highest BCUT2D eigenvalue weighted by Crippen LogP contribution is 2.36. The van der Waals surface area contributed by atoms with Gasteiger partial charge in [-0.25, -0.2) is 4.98 Å². The fraction of sp³-hybridized carbons (Fsp3) is 0.182. The zero-order valence-electron chi connectivity index (χ0n) is 8.30. The zero-order chi connectivity index (χ0) is 10.7. The summed E-state index contributed by atoms with van der Waals surface area (Å²) in [5, 5.41) is 2.90. The van der Waals surface area contributed by atoms with Crippen LogP contribution in [0.2, 0.25) is 0 Å². The standard InChI is InChI=1S/C11H11NOS2/c1-2-13-8-4-3-5-9(14)10(8)11-12-6-7-15-11/h3-7,14H,2H2,1H3. The molecule has 2 rings (SSSR count). The van der Waals surface area contributed by atoms with Gasteiger partial charge in [0.2, 0.25) is 0 Å². The SMILES string of the molecule is CCOc1cccc(S)c1-c1nccs1. The van der Waals surface area contributed by atoms with E-state index in [0.29, 0.717) is 6.61 Å². The molecule has 0 aliphatic rings. The molecule has 0 saturated heterocycles. The first-order valence-corrected chi connectivity index (χ1v) is 6.00. The molecule has 78 valence electrons. The Balaban J connectivity index is 2.52. The molecular weight excluding hydrogens is 226 g/mol. The molecule has 1 aromatic heterocycles. The van der Waals surface area contributed by atoms with Crippen LogP contribution in [0.1, 0.15) is 6.92 Å². The van der Waals surface area contributed by atoms with E-state index >= 15 is 0 Å². The van der Waals surface area contributed by atoms with Crippen LogP contribution in [-0.4, -0.2) is 11.6 Å². The second kappa shape index (κ2) is 4.68. The van der Waals surface area contributed by atoms with Gasteiger partial charge >= 0.3 is 0 Å². The molecule has 0 bridgehead atoms. The maximum atomic E-state index is 5.56. The minimum absolute atomic E-state index is 0.648. The van der Waals surface area contributed by atoms with Crippen LogP contribution in [-0.2, 0) is 0 Å². The summed E-state index contributed by atoms with van der Waals surface area (Å²) in [6.45, 7) is 2.62. The number of hydrogen-bond acceptors (Lipinski definition) is 4. The molecule has 1 heterocycles. The third kappa shape index (κ3) is 2.16. The average Bonchev–Trinajstić information content (AvgIpc) is 2.71. The lowest BCUT2D eigenvalue weighted by Gasteiger charge is -2.09. The number of nitrogens with zero attached hydrogens (tertiary/aromatic N) is 1. The first-order valence-electron chi connectivity index (χ1n) is 4.67. The van der Waals surface area contributed by atoms with Crippen molar-refractivity contribution < 1.29 is 4.74 Å². The molecule has 1 aromatic carbocycles. The summed E-state index contributed by atoms with van der Waals surface area (Å²) in [6, 6.07) is 5.83. The van der Waals surface area contributed by atoms with Crippen molar-refractivity contribution >= 4 is 24.0 Å². The van der Waals surface area contributed by atoms with Crippen molar-refractivity contribution in [2.24, 2.45) is 0 Å². The van der Waals surface area contributed by atoms with Gasteiger partial charge in [0.1, 0.15) is 10.8 Å². The van der Waals surface area contributed by atoms with Gasteiger partial charge in [0.05, 0.1) is 12.2 Å². The number of aromatic nitrogens is 1. The molecule has 4 heteroatoms. The predicted octanol–water partition coefficient (Wildman–Crippen LogP) is 3.50. The van der Waals surface area contributed by atoms with E-state index in [2.05, 4.69) is 17.6 Å². The third-order valence-electron chi connectivity index (χ3n) is 1.95. The van der Waals surface area contributed by atoms with Gasteiger partial charge in [-0.05, 0) is 19.1 Å². The Morgan fingerprint density at radius 2 is 2.33 bits per heavy atom. The zero-order valence-corrected chi connectivity index (χ0v) is 10.0. The van der Waals surface area contributed by atoms with Gasteiger partial charge in [0, 0.05) is 16.5 Å². The van der Waals surface area contributed by atoms with E-state index < -0.39 is 0 Å². The predicted molar refractivity (Wildman–Crippen MR) is 66.0 cm³/mol. The van der Waals surface area contributed by atoms with E-state index in [1.54, 1.807) is 17.5 Å². The maximum absolute atomic E-state index is 5.56. The topological polar surface area (TPSA) is 22.1 Å². The number of rotatable bonds is 3. The van der Waals surface area contributed by atoms with Gasteiger partial charge < -0.3 is 4.74 Å². The average molecular weight is 237 g/mol. The molecular formula is C11H11NOS2. The van der Waals surface area contributed by atoms with Crippen molar-refractivity contribution in [3.8, 4) is 16.3 Å². The Kier molecular flexibility index (Phi) is 3.28. The summed E-state index contributed by atoms with van der Waals surface area (Å²) in [6.07, 6.45) is 1.79. The molecule has 2 nitrogen and oxygen atoms in total. The molecule has 0 aliphatic heterocycles. The normalized spacial score (nSPS) is 10.3. The van der Waals surface area contributed by atoms with Crippen molar-refractivity contribution in [2.75, 3.05) is 6.61 Å². The van der Waals surface area contributed by atoms with Gasteiger partial charge in [-0.1, -0.05) is 6.07 Å². The summed E-state index contributed by atoms with van der Waals surface area (Å²) >= 11 is 6.02. The van der Waals surface area contributed by atoms with Gasteiger partial charge in [0.15, 0.2) is 0 Å². The maximum Gasteiger partial charge on any atom is 0.130 e. The molecule has 0 unspecified atom stereocenters. The second-order valence-electron chi connectivity index (χ2n) is 2.92. The Bertz CT molecular complexity index is 440. The number of hydrogen-bond donors (Lipinski definition) is 1. The lowest BCUT2D eigenvalue weighted by atomic mass is 10.2. The summed E-state index contributed by atoms with van der Waals surface area (Å²) in [5.74, 6) is 0.847. The van der Waals surface area contributed by atoms with Crippen molar-refractivity contribution in [2.45, 2.75) is 11.8 Å². The highest BCUT2D eigenvalue weighted by Gasteiger charge is 2.11. The first kappa shape index (κ1) is 10.5. The Morgan fingerprint density at radius 3 is 3.00 bits per heavy atom.